The van der Waals surface area contributed by atoms with Crippen LogP contribution < -0.4 is 5.32 Å². The van der Waals surface area contributed by atoms with Crippen LogP contribution in [0.25, 0.3) is 0 Å². The summed E-state index contributed by atoms with van der Waals surface area (Å²) in [6.07, 6.45) is 0.951. The fourth-order valence-corrected chi connectivity index (χ4v) is 1.59. The molecule has 1 aromatic heterocycles. The number of hydrogen-bond donors (Lipinski definition) is 2. The summed E-state index contributed by atoms with van der Waals surface area (Å²) in [6.45, 7) is 0.896. The van der Waals surface area contributed by atoms with Crippen molar-refractivity contribution in [2.45, 2.75) is 12.6 Å². The van der Waals surface area contributed by atoms with E-state index in [-0.39, 0.29) is 5.82 Å². The first-order valence-corrected chi connectivity index (χ1v) is 5.64. The number of aliphatic hydroxyl groups is 1. The van der Waals surface area contributed by atoms with Gasteiger partial charge in [-0.3, -0.25) is 0 Å². The van der Waals surface area contributed by atoms with Gasteiger partial charge in [0.25, 0.3) is 0 Å². The molecular formula is C12H15FN4O. The number of rotatable bonds is 5. The van der Waals surface area contributed by atoms with Crippen LogP contribution in [0, 0.1) is 5.82 Å². The average Bonchev–Trinajstić information content (AvgIpc) is 2.76. The van der Waals surface area contributed by atoms with Crippen LogP contribution in [0.2, 0.25) is 0 Å². The highest BCUT2D eigenvalue weighted by Crippen LogP contribution is 2.12. The molecule has 0 radical (unpaired) electrons. The van der Waals surface area contributed by atoms with Gasteiger partial charge in [-0.25, -0.2) is 4.39 Å². The first kappa shape index (κ1) is 12.7. The van der Waals surface area contributed by atoms with Crippen LogP contribution in [-0.4, -0.2) is 26.4 Å². The summed E-state index contributed by atoms with van der Waals surface area (Å²) in [5.41, 5.74) is 0.682. The van der Waals surface area contributed by atoms with Gasteiger partial charge in [0.15, 0.2) is 0 Å². The van der Waals surface area contributed by atoms with E-state index in [1.165, 1.54) is 12.1 Å². The van der Waals surface area contributed by atoms with Gasteiger partial charge in [-0.05, 0) is 17.7 Å². The number of benzene rings is 1. The maximum absolute atomic E-state index is 12.7. The fraction of sp³-hybridized carbons (Fsp3) is 0.333. The predicted molar refractivity (Wildman–Crippen MR) is 64.1 cm³/mol. The minimum atomic E-state index is -0.668. The number of halogens is 1. The topological polar surface area (TPSA) is 63.0 Å². The van der Waals surface area contributed by atoms with Crippen LogP contribution in [0.4, 0.5) is 4.39 Å². The highest BCUT2D eigenvalue weighted by Gasteiger charge is 2.08. The van der Waals surface area contributed by atoms with Crippen LogP contribution in [0.5, 0.6) is 0 Å². The normalized spacial score (nSPS) is 12.6. The van der Waals surface area contributed by atoms with Crippen molar-refractivity contribution in [2.24, 2.45) is 7.05 Å². The molecule has 0 fully saturated rings. The molecule has 1 aromatic carbocycles. The second-order valence-corrected chi connectivity index (χ2v) is 4.06. The van der Waals surface area contributed by atoms with E-state index >= 15 is 0 Å². The molecule has 0 spiro atoms. The highest BCUT2D eigenvalue weighted by atomic mass is 19.1. The molecule has 0 aliphatic heterocycles. The number of aryl methyl sites for hydroxylation is 1. The Hall–Kier alpha value is -1.79. The van der Waals surface area contributed by atoms with Crippen molar-refractivity contribution in [1.82, 2.24) is 20.1 Å². The Morgan fingerprint density at radius 3 is 2.72 bits per heavy atom. The van der Waals surface area contributed by atoms with E-state index in [4.69, 9.17) is 0 Å². The van der Waals surface area contributed by atoms with Crippen molar-refractivity contribution in [3.63, 3.8) is 0 Å². The SMILES string of the molecule is Cn1cnnc1CNCC(O)c1ccc(F)cc1. The van der Waals surface area contributed by atoms with Crippen molar-refractivity contribution in [3.05, 3.63) is 47.8 Å². The van der Waals surface area contributed by atoms with Crippen LogP contribution in [0.3, 0.4) is 0 Å². The van der Waals surface area contributed by atoms with Crippen LogP contribution in [-0.2, 0) is 13.6 Å². The first-order valence-electron chi connectivity index (χ1n) is 5.64. The monoisotopic (exact) mass is 250 g/mol. The molecule has 0 saturated heterocycles. The Balaban J connectivity index is 1.83. The van der Waals surface area contributed by atoms with Crippen molar-refractivity contribution in [3.8, 4) is 0 Å². The molecule has 1 unspecified atom stereocenters. The average molecular weight is 250 g/mol. The molecule has 0 aliphatic rings. The van der Waals surface area contributed by atoms with Crippen molar-refractivity contribution in [2.75, 3.05) is 6.54 Å². The standard InChI is InChI=1S/C12H15FN4O/c1-17-8-15-16-12(17)7-14-6-11(18)9-2-4-10(13)5-3-9/h2-5,8,11,14,18H,6-7H2,1H3. The maximum Gasteiger partial charge on any atom is 0.146 e. The van der Waals surface area contributed by atoms with Gasteiger partial charge < -0.3 is 15.0 Å². The Morgan fingerprint density at radius 2 is 2.11 bits per heavy atom. The van der Waals surface area contributed by atoms with E-state index in [0.29, 0.717) is 18.7 Å². The minimum absolute atomic E-state index is 0.307. The lowest BCUT2D eigenvalue weighted by molar-refractivity contribution is 0.174. The lowest BCUT2D eigenvalue weighted by Gasteiger charge is -2.11. The van der Waals surface area contributed by atoms with Gasteiger partial charge in [-0.15, -0.1) is 10.2 Å². The number of aromatic nitrogens is 3. The van der Waals surface area contributed by atoms with E-state index in [1.807, 2.05) is 7.05 Å². The van der Waals surface area contributed by atoms with Crippen LogP contribution in [0.15, 0.2) is 30.6 Å². The highest BCUT2D eigenvalue weighted by molar-refractivity contribution is 5.18. The lowest BCUT2D eigenvalue weighted by atomic mass is 10.1. The van der Waals surface area contributed by atoms with Crippen molar-refractivity contribution < 1.29 is 9.50 Å². The van der Waals surface area contributed by atoms with Gasteiger partial charge in [0.05, 0.1) is 12.6 Å². The lowest BCUT2D eigenvalue weighted by Crippen LogP contribution is -2.22. The van der Waals surface area contributed by atoms with Crippen molar-refractivity contribution in [1.29, 1.82) is 0 Å². The zero-order valence-corrected chi connectivity index (χ0v) is 10.0. The van der Waals surface area contributed by atoms with E-state index in [1.54, 1.807) is 23.0 Å². The maximum atomic E-state index is 12.7. The fourth-order valence-electron chi connectivity index (χ4n) is 1.59. The second kappa shape index (κ2) is 5.70. The molecule has 96 valence electrons. The summed E-state index contributed by atoms with van der Waals surface area (Å²) in [6, 6.07) is 5.82. The summed E-state index contributed by atoms with van der Waals surface area (Å²) >= 11 is 0. The van der Waals surface area contributed by atoms with Gasteiger partial charge in [0.2, 0.25) is 0 Å². The summed E-state index contributed by atoms with van der Waals surface area (Å²) in [5.74, 6) is 0.485. The smallest absolute Gasteiger partial charge is 0.146 e. The summed E-state index contributed by atoms with van der Waals surface area (Å²) in [7, 11) is 1.85. The third kappa shape index (κ3) is 3.12. The largest absolute Gasteiger partial charge is 0.387 e. The van der Waals surface area contributed by atoms with Gasteiger partial charge in [0.1, 0.15) is 18.0 Å². The molecule has 6 heteroatoms. The molecule has 0 aliphatic carbocycles. The molecule has 2 N–H and O–H groups in total. The molecule has 18 heavy (non-hydrogen) atoms. The van der Waals surface area contributed by atoms with E-state index in [9.17, 15) is 9.50 Å². The Morgan fingerprint density at radius 1 is 1.39 bits per heavy atom. The van der Waals surface area contributed by atoms with Crippen LogP contribution >= 0.6 is 0 Å². The Kier molecular flexibility index (Phi) is 4.01. The number of hydrogen-bond acceptors (Lipinski definition) is 4. The van der Waals surface area contributed by atoms with E-state index < -0.39 is 6.10 Å². The quantitative estimate of drug-likeness (QED) is 0.823. The summed E-state index contributed by atoms with van der Waals surface area (Å²) < 4.78 is 14.5. The molecular weight excluding hydrogens is 235 g/mol. The molecule has 1 heterocycles. The van der Waals surface area contributed by atoms with Gasteiger partial charge >= 0.3 is 0 Å². The molecule has 0 amide bonds. The predicted octanol–water partition coefficient (Wildman–Crippen LogP) is 0.777. The molecule has 0 saturated carbocycles. The molecule has 2 rings (SSSR count). The Labute approximate surface area is 104 Å². The Bertz CT molecular complexity index is 497. The first-order chi connectivity index (χ1) is 8.66. The third-order valence-corrected chi connectivity index (χ3v) is 2.68. The van der Waals surface area contributed by atoms with E-state index in [0.717, 1.165) is 5.82 Å². The molecule has 0 bridgehead atoms. The third-order valence-electron chi connectivity index (χ3n) is 2.68. The molecule has 5 nitrogen and oxygen atoms in total. The minimum Gasteiger partial charge on any atom is -0.387 e. The second-order valence-electron chi connectivity index (χ2n) is 4.06. The van der Waals surface area contributed by atoms with Gasteiger partial charge in [0, 0.05) is 13.6 Å². The van der Waals surface area contributed by atoms with Gasteiger partial charge in [-0.2, -0.15) is 0 Å². The zero-order chi connectivity index (χ0) is 13.0. The summed E-state index contributed by atoms with van der Waals surface area (Å²) in [5, 5.41) is 20.6. The summed E-state index contributed by atoms with van der Waals surface area (Å²) in [4.78, 5) is 0. The van der Waals surface area contributed by atoms with Crippen molar-refractivity contribution >= 4 is 0 Å². The van der Waals surface area contributed by atoms with Crippen LogP contribution in [0.1, 0.15) is 17.5 Å². The van der Waals surface area contributed by atoms with E-state index in [2.05, 4.69) is 15.5 Å². The number of nitrogens with zero attached hydrogens (tertiary/aromatic N) is 3. The number of nitrogens with one attached hydrogen (secondary N) is 1. The zero-order valence-electron chi connectivity index (χ0n) is 10.0. The number of aliphatic hydroxyl groups excluding tert-OH is 1. The van der Waals surface area contributed by atoms with Gasteiger partial charge in [-0.1, -0.05) is 12.1 Å². The molecule has 2 aromatic rings. The molecule has 1 atom stereocenters.